The van der Waals surface area contributed by atoms with Crippen molar-refractivity contribution in [2.24, 2.45) is 5.73 Å². The number of rotatable bonds is 6. The molecule has 0 saturated carbocycles. The fourth-order valence-corrected chi connectivity index (χ4v) is 3.90. The third-order valence-electron chi connectivity index (χ3n) is 3.82. The van der Waals surface area contributed by atoms with Gasteiger partial charge in [0.1, 0.15) is 0 Å². The molecule has 2 atom stereocenters. The molecule has 21 heavy (non-hydrogen) atoms. The van der Waals surface area contributed by atoms with E-state index in [9.17, 15) is 0 Å². The predicted octanol–water partition coefficient (Wildman–Crippen LogP) is 4.84. The molecule has 0 spiro atoms. The molecule has 114 valence electrons. The lowest BCUT2D eigenvalue weighted by Crippen LogP contribution is -2.38. The Hall–Kier alpha value is -0.200. The smallest absolute Gasteiger partial charge is 0.0470 e. The minimum absolute atomic E-state index is 0.226. The fraction of sp³-hybridized carbons (Fsp3) is 0.375. The SMILES string of the molecule is CC(Cc1cccs1)N(C)C(CN)c1ccc(Br)c(Br)c1. The third kappa shape index (κ3) is 4.39. The molecule has 2 aromatic rings. The zero-order valence-electron chi connectivity index (χ0n) is 12.2. The van der Waals surface area contributed by atoms with Crippen molar-refractivity contribution < 1.29 is 0 Å². The average Bonchev–Trinajstić information content (AvgIpc) is 2.96. The molecule has 1 heterocycles. The minimum atomic E-state index is 0.226. The summed E-state index contributed by atoms with van der Waals surface area (Å²) >= 11 is 8.91. The van der Waals surface area contributed by atoms with Crippen molar-refractivity contribution in [1.82, 2.24) is 4.90 Å². The number of benzene rings is 1. The van der Waals surface area contributed by atoms with E-state index >= 15 is 0 Å². The van der Waals surface area contributed by atoms with Crippen LogP contribution in [-0.4, -0.2) is 24.5 Å². The summed E-state index contributed by atoms with van der Waals surface area (Å²) in [6.07, 6.45) is 1.06. The van der Waals surface area contributed by atoms with Crippen LogP contribution in [-0.2, 0) is 6.42 Å². The number of thiophene rings is 1. The summed E-state index contributed by atoms with van der Waals surface area (Å²) in [5, 5.41) is 2.13. The van der Waals surface area contributed by atoms with Gasteiger partial charge in [-0.15, -0.1) is 11.3 Å². The van der Waals surface area contributed by atoms with Crippen molar-refractivity contribution in [3.63, 3.8) is 0 Å². The molecule has 0 radical (unpaired) electrons. The summed E-state index contributed by atoms with van der Waals surface area (Å²) in [6.45, 7) is 2.87. The van der Waals surface area contributed by atoms with E-state index in [0.717, 1.165) is 15.4 Å². The van der Waals surface area contributed by atoms with E-state index in [1.165, 1.54) is 10.4 Å². The van der Waals surface area contributed by atoms with Crippen LogP contribution in [0.5, 0.6) is 0 Å². The number of halogens is 2. The maximum Gasteiger partial charge on any atom is 0.0470 e. The highest BCUT2D eigenvalue weighted by atomic mass is 79.9. The highest BCUT2D eigenvalue weighted by Gasteiger charge is 2.21. The van der Waals surface area contributed by atoms with Crippen molar-refractivity contribution in [2.75, 3.05) is 13.6 Å². The largest absolute Gasteiger partial charge is 0.329 e. The summed E-state index contributed by atoms with van der Waals surface area (Å²) in [5.74, 6) is 0. The van der Waals surface area contributed by atoms with Crippen molar-refractivity contribution in [3.05, 3.63) is 55.1 Å². The topological polar surface area (TPSA) is 29.3 Å². The van der Waals surface area contributed by atoms with E-state index in [4.69, 9.17) is 5.73 Å². The van der Waals surface area contributed by atoms with Gasteiger partial charge < -0.3 is 5.73 Å². The molecule has 2 nitrogen and oxygen atoms in total. The Bertz CT molecular complexity index is 572. The van der Waals surface area contributed by atoms with E-state index in [2.05, 4.69) is 86.4 Å². The summed E-state index contributed by atoms with van der Waals surface area (Å²) < 4.78 is 2.13. The molecule has 2 N–H and O–H groups in total. The van der Waals surface area contributed by atoms with E-state index < -0.39 is 0 Å². The van der Waals surface area contributed by atoms with Gasteiger partial charge in [0, 0.05) is 32.5 Å². The molecule has 0 amide bonds. The summed E-state index contributed by atoms with van der Waals surface area (Å²) in [4.78, 5) is 3.79. The summed E-state index contributed by atoms with van der Waals surface area (Å²) in [6, 6.07) is 11.3. The second-order valence-electron chi connectivity index (χ2n) is 5.22. The van der Waals surface area contributed by atoms with Crippen LogP contribution < -0.4 is 5.73 Å². The lowest BCUT2D eigenvalue weighted by atomic mass is 10.0. The maximum absolute atomic E-state index is 6.04. The number of nitrogens with zero attached hydrogens (tertiary/aromatic N) is 1. The van der Waals surface area contributed by atoms with Crippen LogP contribution in [0, 0.1) is 0 Å². The Morgan fingerprint density at radius 2 is 2.00 bits per heavy atom. The summed E-state index contributed by atoms with van der Waals surface area (Å²) in [7, 11) is 2.16. The first-order valence-electron chi connectivity index (χ1n) is 6.92. The van der Waals surface area contributed by atoms with E-state index in [0.29, 0.717) is 12.6 Å². The number of nitrogens with two attached hydrogens (primary N) is 1. The normalized spacial score (nSPS) is 14.4. The van der Waals surface area contributed by atoms with Gasteiger partial charge in [-0.05, 0) is 81.4 Å². The van der Waals surface area contributed by atoms with Crippen molar-refractivity contribution in [2.45, 2.75) is 25.4 Å². The van der Waals surface area contributed by atoms with Crippen LogP contribution in [0.1, 0.15) is 23.4 Å². The summed E-state index contributed by atoms with van der Waals surface area (Å²) in [5.41, 5.74) is 7.28. The standard InChI is InChI=1S/C16H20Br2N2S/c1-11(8-13-4-3-7-21-13)20(2)16(10-19)12-5-6-14(17)15(18)9-12/h3-7,9,11,16H,8,10,19H2,1-2H3. The lowest BCUT2D eigenvalue weighted by molar-refractivity contribution is 0.188. The second kappa shape index (κ2) is 7.88. The molecule has 0 saturated heterocycles. The van der Waals surface area contributed by atoms with Crippen molar-refractivity contribution in [3.8, 4) is 0 Å². The third-order valence-corrected chi connectivity index (χ3v) is 6.59. The second-order valence-corrected chi connectivity index (χ2v) is 7.96. The zero-order valence-corrected chi connectivity index (χ0v) is 16.2. The van der Waals surface area contributed by atoms with Gasteiger partial charge in [0.2, 0.25) is 0 Å². The van der Waals surface area contributed by atoms with E-state index in [1.807, 2.05) is 11.3 Å². The van der Waals surface area contributed by atoms with Crippen LogP contribution in [0.3, 0.4) is 0 Å². The fourth-order valence-electron chi connectivity index (χ4n) is 2.43. The molecule has 2 unspecified atom stereocenters. The molecule has 0 bridgehead atoms. The number of likely N-dealkylation sites (N-methyl/N-ethyl adjacent to an activating group) is 1. The van der Waals surface area contributed by atoms with Gasteiger partial charge in [-0.25, -0.2) is 0 Å². The Morgan fingerprint density at radius 3 is 2.57 bits per heavy atom. The molecule has 0 aliphatic carbocycles. The van der Waals surface area contributed by atoms with Gasteiger partial charge in [-0.2, -0.15) is 0 Å². The van der Waals surface area contributed by atoms with E-state index in [-0.39, 0.29) is 6.04 Å². The molecular weight excluding hydrogens is 412 g/mol. The predicted molar refractivity (Wildman–Crippen MR) is 98.9 cm³/mol. The van der Waals surface area contributed by atoms with Crippen LogP contribution in [0.4, 0.5) is 0 Å². The van der Waals surface area contributed by atoms with Crippen LogP contribution >= 0.6 is 43.2 Å². The Balaban J connectivity index is 2.13. The van der Waals surface area contributed by atoms with Gasteiger partial charge >= 0.3 is 0 Å². The van der Waals surface area contributed by atoms with Gasteiger partial charge in [-0.1, -0.05) is 12.1 Å². The zero-order chi connectivity index (χ0) is 15.4. The molecule has 1 aromatic heterocycles. The van der Waals surface area contributed by atoms with Gasteiger partial charge in [0.15, 0.2) is 0 Å². The first-order valence-corrected chi connectivity index (χ1v) is 9.38. The molecule has 0 fully saturated rings. The highest BCUT2D eigenvalue weighted by molar-refractivity contribution is 9.13. The molecule has 0 aliphatic rings. The molecule has 2 rings (SSSR count). The maximum atomic E-state index is 6.04. The minimum Gasteiger partial charge on any atom is -0.329 e. The highest BCUT2D eigenvalue weighted by Crippen LogP contribution is 2.29. The monoisotopic (exact) mass is 430 g/mol. The van der Waals surface area contributed by atoms with Crippen molar-refractivity contribution >= 4 is 43.2 Å². The van der Waals surface area contributed by atoms with Crippen LogP contribution in [0.2, 0.25) is 0 Å². The Morgan fingerprint density at radius 1 is 1.24 bits per heavy atom. The van der Waals surface area contributed by atoms with Crippen LogP contribution in [0.15, 0.2) is 44.7 Å². The molecule has 1 aromatic carbocycles. The average molecular weight is 432 g/mol. The first-order chi connectivity index (χ1) is 10.0. The number of hydrogen-bond acceptors (Lipinski definition) is 3. The quantitative estimate of drug-likeness (QED) is 0.709. The van der Waals surface area contributed by atoms with Gasteiger partial charge in [-0.3, -0.25) is 4.90 Å². The first kappa shape index (κ1) is 17.2. The van der Waals surface area contributed by atoms with Gasteiger partial charge in [0.05, 0.1) is 0 Å². The molecule has 5 heteroatoms. The Kier molecular flexibility index (Phi) is 6.44. The van der Waals surface area contributed by atoms with Crippen molar-refractivity contribution in [1.29, 1.82) is 0 Å². The Labute approximate surface area is 147 Å². The van der Waals surface area contributed by atoms with E-state index in [1.54, 1.807) is 0 Å². The lowest BCUT2D eigenvalue weighted by Gasteiger charge is -2.33. The molecule has 0 aliphatic heterocycles. The number of hydrogen-bond donors (Lipinski definition) is 1. The van der Waals surface area contributed by atoms with Gasteiger partial charge in [0.25, 0.3) is 0 Å². The molecular formula is C16H20Br2N2S. The van der Waals surface area contributed by atoms with Crippen LogP contribution in [0.25, 0.3) is 0 Å².